The Morgan fingerprint density at radius 3 is 2.47 bits per heavy atom. The fourth-order valence-corrected chi connectivity index (χ4v) is 10.7. The molecule has 1 saturated heterocycles. The summed E-state index contributed by atoms with van der Waals surface area (Å²) in [6.07, 6.45) is -2.20. The first kappa shape index (κ1) is 37.1. The number of likely N-dealkylation sites (tertiary alicyclic amines) is 1. The zero-order valence-electron chi connectivity index (χ0n) is 29.9. The van der Waals surface area contributed by atoms with Gasteiger partial charge in [0.2, 0.25) is 16.0 Å². The van der Waals surface area contributed by atoms with Gasteiger partial charge in [0, 0.05) is 60.6 Å². The molecule has 53 heavy (non-hydrogen) atoms. The highest BCUT2D eigenvalue weighted by Crippen LogP contribution is 2.41. The van der Waals surface area contributed by atoms with Crippen LogP contribution in [-0.2, 0) is 35.3 Å². The lowest BCUT2D eigenvalue weighted by Gasteiger charge is -2.45. The van der Waals surface area contributed by atoms with Crippen molar-refractivity contribution in [1.82, 2.24) is 24.2 Å². The van der Waals surface area contributed by atoms with Crippen molar-refractivity contribution in [2.75, 3.05) is 30.8 Å². The van der Waals surface area contributed by atoms with Crippen molar-refractivity contribution < 1.29 is 21.6 Å². The monoisotopic (exact) mass is 764 g/mol. The zero-order valence-corrected chi connectivity index (χ0v) is 31.6. The molecule has 0 radical (unpaired) electrons. The van der Waals surface area contributed by atoms with Gasteiger partial charge in [0.05, 0.1) is 17.6 Å². The van der Waals surface area contributed by atoms with Gasteiger partial charge in [-0.15, -0.1) is 11.3 Å². The van der Waals surface area contributed by atoms with Crippen molar-refractivity contribution in [2.24, 2.45) is 5.92 Å². The van der Waals surface area contributed by atoms with Gasteiger partial charge in [0.25, 0.3) is 0 Å². The quantitative estimate of drug-likeness (QED) is 0.121. The van der Waals surface area contributed by atoms with E-state index in [1.165, 1.54) is 5.56 Å². The Balaban J connectivity index is 0.971. The Bertz CT molecular complexity index is 2270. The Hall–Kier alpha value is -4.23. The van der Waals surface area contributed by atoms with Crippen LogP contribution in [-0.4, -0.2) is 65.7 Å². The smallest absolute Gasteiger partial charge is 0.367 e. The van der Waals surface area contributed by atoms with Crippen molar-refractivity contribution in [3.05, 3.63) is 81.9 Å². The van der Waals surface area contributed by atoms with Crippen molar-refractivity contribution in [3.8, 4) is 6.07 Å². The lowest BCUT2D eigenvalue weighted by Crippen LogP contribution is -2.55. The number of aromatic nitrogens is 3. The second kappa shape index (κ2) is 14.5. The molecule has 3 aromatic heterocycles. The van der Waals surface area contributed by atoms with Crippen LogP contribution in [0.5, 0.6) is 0 Å². The van der Waals surface area contributed by atoms with Crippen molar-refractivity contribution in [2.45, 2.75) is 82.6 Å². The fourth-order valence-electron chi connectivity index (χ4n) is 8.02. The molecule has 4 heterocycles. The summed E-state index contributed by atoms with van der Waals surface area (Å²) in [5, 5.41) is 18.2. The molecule has 1 aliphatic heterocycles. The van der Waals surface area contributed by atoms with E-state index in [-0.39, 0.29) is 22.6 Å². The van der Waals surface area contributed by atoms with Crippen LogP contribution in [0.4, 0.5) is 24.9 Å². The molecule has 1 aliphatic carbocycles. The molecule has 15 heteroatoms. The van der Waals surface area contributed by atoms with E-state index < -0.39 is 28.2 Å². The Kier molecular flexibility index (Phi) is 10.2. The normalized spacial score (nSPS) is 20.1. The molecule has 0 bridgehead atoms. The van der Waals surface area contributed by atoms with Crippen LogP contribution < -0.4 is 15.4 Å². The number of aryl methyl sites for hydroxylation is 1. The maximum absolute atomic E-state index is 13.1. The topological polar surface area (TPSA) is 128 Å². The number of anilines is 2. The van der Waals surface area contributed by atoms with E-state index in [1.54, 1.807) is 13.1 Å². The van der Waals surface area contributed by atoms with Gasteiger partial charge in [-0.25, -0.2) is 18.1 Å². The van der Waals surface area contributed by atoms with Crippen molar-refractivity contribution in [1.29, 1.82) is 5.26 Å². The standard InChI is InChI=1S/C38H43F3N8O2S2/c1-24-27(22-48-13-11-28(12-14-48)44-34-32-16-30(19-38(39,40)41)52-35(32)46-36(43-3)45-34)9-10-33-31(24)15-29(20-42)49(33)21-26-17-37(2,18-26)47-53(50,51)23-25-7-5-4-6-8-25/h4-10,15-16,26,28,47H,11-14,17-19,21-23H2,1-3H3,(H2,43,44,45,46). The molecule has 0 unspecified atom stereocenters. The summed E-state index contributed by atoms with van der Waals surface area (Å²) < 4.78 is 70.1. The number of fused-ring (bicyclic) bond motifs is 2. The summed E-state index contributed by atoms with van der Waals surface area (Å²) in [5.74, 6) is 1.10. The second-order valence-corrected chi connectivity index (χ2v) is 17.6. The molecule has 10 nitrogen and oxygen atoms in total. The van der Waals surface area contributed by atoms with Crippen molar-refractivity contribution >= 4 is 54.2 Å². The summed E-state index contributed by atoms with van der Waals surface area (Å²) in [4.78, 5) is 12.1. The molecule has 0 atom stereocenters. The maximum atomic E-state index is 13.1. The minimum Gasteiger partial charge on any atom is -0.367 e. The highest BCUT2D eigenvalue weighted by Gasteiger charge is 2.43. The first-order chi connectivity index (χ1) is 25.2. The molecule has 5 aromatic rings. The van der Waals surface area contributed by atoms with E-state index in [0.717, 1.165) is 65.8 Å². The Morgan fingerprint density at radius 1 is 1.06 bits per heavy atom. The van der Waals surface area contributed by atoms with Crippen LogP contribution in [0.25, 0.3) is 21.1 Å². The molecule has 1 saturated carbocycles. The van der Waals surface area contributed by atoms with E-state index in [1.807, 2.05) is 43.3 Å². The summed E-state index contributed by atoms with van der Waals surface area (Å²) >= 11 is 1.04. The lowest BCUT2D eigenvalue weighted by molar-refractivity contribution is -0.126. The van der Waals surface area contributed by atoms with Gasteiger partial charge < -0.3 is 15.2 Å². The predicted octanol–water partition coefficient (Wildman–Crippen LogP) is 7.34. The summed E-state index contributed by atoms with van der Waals surface area (Å²) in [5.41, 5.74) is 4.18. The molecule has 2 aliphatic rings. The number of alkyl halides is 3. The number of sulfonamides is 1. The van der Waals surface area contributed by atoms with Gasteiger partial charge in [-0.1, -0.05) is 36.4 Å². The molecular formula is C38H43F3N8O2S2. The third-order valence-electron chi connectivity index (χ3n) is 10.5. The lowest BCUT2D eigenvalue weighted by atomic mass is 9.70. The fraction of sp³-hybridized carbons (Fsp3) is 0.447. The van der Waals surface area contributed by atoms with Crippen LogP contribution in [0.1, 0.15) is 59.9 Å². The van der Waals surface area contributed by atoms with Crippen LogP contribution in [0.3, 0.4) is 0 Å². The molecule has 7 rings (SSSR count). The number of thiophene rings is 1. The highest BCUT2D eigenvalue weighted by molar-refractivity contribution is 7.88. The molecule has 3 N–H and O–H groups in total. The van der Waals surface area contributed by atoms with Gasteiger partial charge in [-0.2, -0.15) is 23.4 Å². The SMILES string of the molecule is CNc1nc(NC2CCN(Cc3ccc4c(cc(C#N)n4CC4CC(C)(NS(=O)(=O)Cc5ccccc5)C4)c3C)CC2)c2cc(CC(F)(F)F)sc2n1. The average Bonchev–Trinajstić information content (AvgIpc) is 3.66. The van der Waals surface area contributed by atoms with Crippen molar-refractivity contribution in [3.63, 3.8) is 0 Å². The predicted molar refractivity (Wildman–Crippen MR) is 203 cm³/mol. The van der Waals surface area contributed by atoms with Crippen LogP contribution in [0.2, 0.25) is 0 Å². The van der Waals surface area contributed by atoms with E-state index >= 15 is 0 Å². The van der Waals surface area contributed by atoms with Gasteiger partial charge >= 0.3 is 6.18 Å². The second-order valence-electron chi connectivity index (χ2n) is 14.8. The first-order valence-electron chi connectivity index (χ1n) is 17.8. The molecule has 0 spiro atoms. The van der Waals surface area contributed by atoms with Crippen LogP contribution in [0.15, 0.2) is 54.6 Å². The number of benzene rings is 2. The van der Waals surface area contributed by atoms with Gasteiger partial charge in [-0.05, 0) is 80.3 Å². The van der Waals surface area contributed by atoms with Gasteiger partial charge in [0.15, 0.2) is 0 Å². The summed E-state index contributed by atoms with van der Waals surface area (Å²) in [6, 6.07) is 19.4. The maximum Gasteiger partial charge on any atom is 0.393 e. The van der Waals surface area contributed by atoms with E-state index in [2.05, 4.69) is 59.9 Å². The summed E-state index contributed by atoms with van der Waals surface area (Å²) in [7, 11) is -1.81. The molecule has 2 aromatic carbocycles. The number of nitrogens with zero attached hydrogens (tertiary/aromatic N) is 5. The number of piperidine rings is 1. The van der Waals surface area contributed by atoms with Crippen LogP contribution >= 0.6 is 11.3 Å². The zero-order chi connectivity index (χ0) is 37.5. The van der Waals surface area contributed by atoms with E-state index in [4.69, 9.17) is 0 Å². The Morgan fingerprint density at radius 2 is 1.79 bits per heavy atom. The molecule has 280 valence electrons. The number of halogens is 3. The van der Waals surface area contributed by atoms with Crippen LogP contribution in [0, 0.1) is 24.2 Å². The van der Waals surface area contributed by atoms with Gasteiger partial charge in [-0.3, -0.25) is 4.90 Å². The van der Waals surface area contributed by atoms with E-state index in [0.29, 0.717) is 47.1 Å². The third kappa shape index (κ3) is 8.46. The van der Waals surface area contributed by atoms with E-state index in [9.17, 15) is 26.9 Å². The third-order valence-corrected chi connectivity index (χ3v) is 13.0. The number of nitrogens with one attached hydrogen (secondary N) is 3. The minimum absolute atomic E-state index is 0.0529. The largest absolute Gasteiger partial charge is 0.393 e. The molecule has 0 amide bonds. The summed E-state index contributed by atoms with van der Waals surface area (Å²) in [6.45, 7) is 7.14. The molecule has 2 fully saturated rings. The number of rotatable bonds is 12. The Labute approximate surface area is 311 Å². The number of hydrogen-bond acceptors (Lipinski definition) is 9. The number of nitriles is 1. The minimum atomic E-state index is -4.29. The first-order valence-corrected chi connectivity index (χ1v) is 20.3. The highest BCUT2D eigenvalue weighted by atomic mass is 32.2. The number of hydrogen-bond donors (Lipinski definition) is 3. The average molecular weight is 765 g/mol. The molecular weight excluding hydrogens is 722 g/mol. The van der Waals surface area contributed by atoms with Gasteiger partial charge in [0.1, 0.15) is 22.4 Å².